The van der Waals surface area contributed by atoms with Gasteiger partial charge in [-0.15, -0.1) is 0 Å². The second-order valence-electron chi connectivity index (χ2n) is 5.95. The van der Waals surface area contributed by atoms with Crippen LogP contribution >= 0.6 is 0 Å². The molecule has 5 nitrogen and oxygen atoms in total. The van der Waals surface area contributed by atoms with Crippen LogP contribution in [0.25, 0.3) is 0 Å². The molecular weight excluding hydrogens is 306 g/mol. The molecule has 1 atom stereocenters. The number of carbonyl (C=O) groups is 3. The Balaban J connectivity index is 1.82. The Kier molecular flexibility index (Phi) is 3.93. The molecule has 0 fully saturated rings. The van der Waals surface area contributed by atoms with Crippen molar-refractivity contribution in [3.05, 3.63) is 64.7 Å². The number of ether oxygens (including phenoxy) is 1. The van der Waals surface area contributed by atoms with Crippen LogP contribution in [0.2, 0.25) is 0 Å². The van der Waals surface area contributed by atoms with Gasteiger partial charge >= 0.3 is 5.97 Å². The lowest BCUT2D eigenvalue weighted by molar-refractivity contribution is -0.138. The Morgan fingerprint density at radius 2 is 1.46 bits per heavy atom. The number of amides is 2. The molecule has 0 spiro atoms. The van der Waals surface area contributed by atoms with E-state index in [-0.39, 0.29) is 0 Å². The third-order valence-electron chi connectivity index (χ3n) is 3.97. The Hall–Kier alpha value is -2.95. The number of hydrogen-bond donors (Lipinski definition) is 0. The quantitative estimate of drug-likeness (QED) is 0.495. The molecule has 0 unspecified atom stereocenters. The first-order valence-corrected chi connectivity index (χ1v) is 7.65. The summed E-state index contributed by atoms with van der Waals surface area (Å²) in [5.41, 5.74) is 2.56. The van der Waals surface area contributed by atoms with Gasteiger partial charge in [0.15, 0.2) is 0 Å². The zero-order valence-electron chi connectivity index (χ0n) is 13.7. The highest BCUT2D eigenvalue weighted by Crippen LogP contribution is 2.25. The standard InChI is InChI=1S/C19H17NO4/c1-11-8-12(2)10-14(9-11)24-19(23)13(3)20-17(21)15-6-4-5-7-16(15)18(20)22/h4-10,13H,1-3H3/t13-/m0/s1. The second-order valence-corrected chi connectivity index (χ2v) is 5.95. The number of aryl methyl sites for hydroxylation is 2. The van der Waals surface area contributed by atoms with E-state index >= 15 is 0 Å². The molecular formula is C19H17NO4. The predicted octanol–water partition coefficient (Wildman–Crippen LogP) is 2.89. The van der Waals surface area contributed by atoms with Crippen LogP contribution in [0.1, 0.15) is 38.8 Å². The second kappa shape index (κ2) is 5.92. The highest BCUT2D eigenvalue weighted by atomic mass is 16.5. The van der Waals surface area contributed by atoms with E-state index in [2.05, 4.69) is 0 Å². The van der Waals surface area contributed by atoms with Crippen molar-refractivity contribution in [3.63, 3.8) is 0 Å². The lowest BCUT2D eigenvalue weighted by atomic mass is 10.1. The number of carbonyl (C=O) groups excluding carboxylic acids is 3. The van der Waals surface area contributed by atoms with Gasteiger partial charge in [0, 0.05) is 0 Å². The molecule has 122 valence electrons. The number of fused-ring (bicyclic) bond motifs is 1. The molecule has 3 rings (SSSR count). The van der Waals surface area contributed by atoms with E-state index in [1.807, 2.05) is 19.9 Å². The van der Waals surface area contributed by atoms with Gasteiger partial charge in [-0.1, -0.05) is 18.2 Å². The maximum absolute atomic E-state index is 12.4. The topological polar surface area (TPSA) is 63.7 Å². The first kappa shape index (κ1) is 15.9. The van der Waals surface area contributed by atoms with Crippen LogP contribution in [0.3, 0.4) is 0 Å². The van der Waals surface area contributed by atoms with E-state index in [9.17, 15) is 14.4 Å². The van der Waals surface area contributed by atoms with Gasteiger partial charge in [-0.3, -0.25) is 14.5 Å². The summed E-state index contributed by atoms with van der Waals surface area (Å²) in [7, 11) is 0. The fraction of sp³-hybridized carbons (Fsp3) is 0.211. The van der Waals surface area contributed by atoms with Gasteiger partial charge in [0.1, 0.15) is 11.8 Å². The normalized spacial score (nSPS) is 14.5. The fourth-order valence-corrected chi connectivity index (χ4v) is 2.86. The summed E-state index contributed by atoms with van der Waals surface area (Å²) in [6, 6.07) is 11.0. The Morgan fingerprint density at radius 1 is 0.958 bits per heavy atom. The summed E-state index contributed by atoms with van der Waals surface area (Å²) in [6.45, 7) is 5.29. The maximum atomic E-state index is 12.4. The average Bonchev–Trinajstić information content (AvgIpc) is 2.77. The third-order valence-corrected chi connectivity index (χ3v) is 3.97. The summed E-state index contributed by atoms with van der Waals surface area (Å²) in [5.74, 6) is -1.18. The Bertz CT molecular complexity index is 801. The van der Waals surface area contributed by atoms with Crippen molar-refractivity contribution in [2.45, 2.75) is 26.8 Å². The Morgan fingerprint density at radius 3 is 1.96 bits per heavy atom. The molecule has 1 aliphatic rings. The lowest BCUT2D eigenvalue weighted by Crippen LogP contribution is -2.44. The monoisotopic (exact) mass is 323 g/mol. The van der Waals surface area contributed by atoms with Crippen molar-refractivity contribution in [3.8, 4) is 5.75 Å². The van der Waals surface area contributed by atoms with Crippen LogP contribution in [-0.4, -0.2) is 28.7 Å². The first-order valence-electron chi connectivity index (χ1n) is 7.65. The smallest absolute Gasteiger partial charge is 0.334 e. The number of hydrogen-bond acceptors (Lipinski definition) is 4. The van der Waals surface area contributed by atoms with Crippen molar-refractivity contribution >= 4 is 17.8 Å². The van der Waals surface area contributed by atoms with Crippen molar-refractivity contribution in [1.82, 2.24) is 4.90 Å². The van der Waals surface area contributed by atoms with Gasteiger partial charge < -0.3 is 4.74 Å². The van der Waals surface area contributed by atoms with Crippen molar-refractivity contribution in [1.29, 1.82) is 0 Å². The van der Waals surface area contributed by atoms with Crippen LogP contribution in [0.4, 0.5) is 0 Å². The third kappa shape index (κ3) is 2.69. The average molecular weight is 323 g/mol. The predicted molar refractivity (Wildman–Crippen MR) is 88.0 cm³/mol. The van der Waals surface area contributed by atoms with E-state index in [4.69, 9.17) is 4.74 Å². The molecule has 1 aliphatic heterocycles. The number of imide groups is 1. The zero-order chi connectivity index (χ0) is 17.4. The van der Waals surface area contributed by atoms with Gasteiger partial charge in [0.25, 0.3) is 11.8 Å². The van der Waals surface area contributed by atoms with Crippen molar-refractivity contribution in [2.75, 3.05) is 0 Å². The van der Waals surface area contributed by atoms with E-state index in [1.165, 1.54) is 6.92 Å². The minimum absolute atomic E-state index is 0.313. The van der Waals surface area contributed by atoms with Gasteiger partial charge in [-0.25, -0.2) is 4.79 Å². The lowest BCUT2D eigenvalue weighted by Gasteiger charge is -2.21. The summed E-state index contributed by atoms with van der Waals surface area (Å²) < 4.78 is 5.36. The van der Waals surface area contributed by atoms with E-state index < -0.39 is 23.8 Å². The number of benzene rings is 2. The number of nitrogens with zero attached hydrogens (tertiary/aromatic N) is 1. The molecule has 0 bridgehead atoms. The summed E-state index contributed by atoms with van der Waals surface area (Å²) in [6.07, 6.45) is 0. The van der Waals surface area contributed by atoms with Crippen LogP contribution < -0.4 is 4.74 Å². The number of rotatable bonds is 3. The molecule has 1 heterocycles. The molecule has 0 aromatic heterocycles. The van der Waals surface area contributed by atoms with Crippen LogP contribution in [0, 0.1) is 13.8 Å². The van der Waals surface area contributed by atoms with E-state index in [0.29, 0.717) is 16.9 Å². The molecule has 2 aromatic rings. The molecule has 0 N–H and O–H groups in total. The Labute approximate surface area is 139 Å². The van der Waals surface area contributed by atoms with Gasteiger partial charge in [0.2, 0.25) is 0 Å². The largest absolute Gasteiger partial charge is 0.425 e. The highest BCUT2D eigenvalue weighted by Gasteiger charge is 2.41. The summed E-state index contributed by atoms with van der Waals surface area (Å²) in [5, 5.41) is 0. The summed E-state index contributed by atoms with van der Waals surface area (Å²) >= 11 is 0. The van der Waals surface area contributed by atoms with Gasteiger partial charge in [-0.2, -0.15) is 0 Å². The molecule has 0 saturated carbocycles. The maximum Gasteiger partial charge on any atom is 0.334 e. The zero-order valence-corrected chi connectivity index (χ0v) is 13.7. The molecule has 2 amide bonds. The van der Waals surface area contributed by atoms with Gasteiger partial charge in [-0.05, 0) is 56.2 Å². The highest BCUT2D eigenvalue weighted by molar-refractivity contribution is 6.22. The van der Waals surface area contributed by atoms with E-state index in [0.717, 1.165) is 16.0 Å². The van der Waals surface area contributed by atoms with Crippen molar-refractivity contribution < 1.29 is 19.1 Å². The van der Waals surface area contributed by atoms with Crippen molar-refractivity contribution in [2.24, 2.45) is 0 Å². The van der Waals surface area contributed by atoms with E-state index in [1.54, 1.807) is 36.4 Å². The molecule has 2 aromatic carbocycles. The minimum atomic E-state index is -1.00. The van der Waals surface area contributed by atoms with Gasteiger partial charge in [0.05, 0.1) is 11.1 Å². The molecule has 5 heteroatoms. The van der Waals surface area contributed by atoms with Crippen LogP contribution in [0.5, 0.6) is 5.75 Å². The fourth-order valence-electron chi connectivity index (χ4n) is 2.86. The van der Waals surface area contributed by atoms with Crippen LogP contribution in [0.15, 0.2) is 42.5 Å². The SMILES string of the molecule is Cc1cc(C)cc(OC(=O)[C@H](C)N2C(=O)c3ccccc3C2=O)c1. The molecule has 0 aliphatic carbocycles. The molecule has 24 heavy (non-hydrogen) atoms. The number of esters is 1. The van der Waals surface area contributed by atoms with Crippen LogP contribution in [-0.2, 0) is 4.79 Å². The minimum Gasteiger partial charge on any atom is -0.425 e. The first-order chi connectivity index (χ1) is 11.4. The summed E-state index contributed by atoms with van der Waals surface area (Å²) in [4.78, 5) is 38.2. The molecule has 0 radical (unpaired) electrons. The molecule has 0 saturated heterocycles.